The number of aromatic hydroxyl groups is 1. The Morgan fingerprint density at radius 3 is 2.47 bits per heavy atom. The van der Waals surface area contributed by atoms with Gasteiger partial charge < -0.3 is 14.7 Å². The SMILES string of the molecule is C[C@]12CCC3c4ccc(O)c(-n5[nH]c(=O)n(-c6ccc(C[N+](C)(C)C)cc6)c5=O)c4CCC3C1CCC2O. The zero-order chi connectivity index (χ0) is 27.0. The van der Waals surface area contributed by atoms with E-state index >= 15 is 0 Å². The third-order valence-electron chi connectivity index (χ3n) is 9.68. The van der Waals surface area contributed by atoms with E-state index in [0.29, 0.717) is 29.1 Å². The summed E-state index contributed by atoms with van der Waals surface area (Å²) >= 11 is 0. The number of aromatic nitrogens is 3. The van der Waals surface area contributed by atoms with Crippen LogP contribution in [0.2, 0.25) is 0 Å². The molecule has 0 saturated heterocycles. The van der Waals surface area contributed by atoms with E-state index in [4.69, 9.17) is 0 Å². The van der Waals surface area contributed by atoms with E-state index in [1.165, 1.54) is 10.2 Å². The molecule has 8 heteroatoms. The maximum Gasteiger partial charge on any atom is 0.356 e. The van der Waals surface area contributed by atoms with E-state index < -0.39 is 11.4 Å². The molecule has 5 atom stereocenters. The van der Waals surface area contributed by atoms with Crippen molar-refractivity contribution in [3.8, 4) is 17.1 Å². The molecule has 3 aliphatic rings. The van der Waals surface area contributed by atoms with Gasteiger partial charge in [0.25, 0.3) is 0 Å². The van der Waals surface area contributed by atoms with Gasteiger partial charge in [-0.25, -0.2) is 19.3 Å². The van der Waals surface area contributed by atoms with E-state index in [9.17, 15) is 19.8 Å². The van der Waals surface area contributed by atoms with Crippen molar-refractivity contribution in [2.75, 3.05) is 21.1 Å². The van der Waals surface area contributed by atoms with Gasteiger partial charge >= 0.3 is 11.4 Å². The number of aliphatic hydroxyl groups is 1. The summed E-state index contributed by atoms with van der Waals surface area (Å²) in [7, 11) is 6.34. The molecule has 38 heavy (non-hydrogen) atoms. The van der Waals surface area contributed by atoms with Gasteiger partial charge in [-0.05, 0) is 91.0 Å². The lowest BCUT2D eigenvalue weighted by Crippen LogP contribution is -2.44. The fourth-order valence-electron chi connectivity index (χ4n) is 7.92. The van der Waals surface area contributed by atoms with E-state index in [1.807, 2.05) is 18.2 Å². The molecule has 2 saturated carbocycles. The molecule has 0 radical (unpaired) electrons. The molecule has 0 aliphatic heterocycles. The molecule has 3 N–H and O–H groups in total. The quantitative estimate of drug-likeness (QED) is 0.460. The first-order chi connectivity index (χ1) is 18.0. The van der Waals surface area contributed by atoms with E-state index in [0.717, 1.165) is 65.2 Å². The number of benzene rings is 2. The van der Waals surface area contributed by atoms with Crippen LogP contribution >= 0.6 is 0 Å². The second-order valence-corrected chi connectivity index (χ2v) is 13.0. The van der Waals surface area contributed by atoms with Crippen LogP contribution in [0.1, 0.15) is 61.6 Å². The highest BCUT2D eigenvalue weighted by molar-refractivity contribution is 5.57. The number of fused-ring (bicyclic) bond motifs is 5. The zero-order valence-electron chi connectivity index (χ0n) is 22.8. The number of phenols is 1. The lowest BCUT2D eigenvalue weighted by atomic mass is 9.55. The summed E-state index contributed by atoms with van der Waals surface area (Å²) in [6.07, 6.45) is 5.35. The van der Waals surface area contributed by atoms with Crippen molar-refractivity contribution in [1.29, 1.82) is 0 Å². The van der Waals surface area contributed by atoms with E-state index in [-0.39, 0.29) is 17.3 Å². The van der Waals surface area contributed by atoms with Crippen molar-refractivity contribution in [3.05, 3.63) is 74.1 Å². The summed E-state index contributed by atoms with van der Waals surface area (Å²) in [5, 5.41) is 24.4. The van der Waals surface area contributed by atoms with Gasteiger partial charge in [-0.15, -0.1) is 0 Å². The zero-order valence-corrected chi connectivity index (χ0v) is 22.8. The monoisotopic (exact) mass is 519 g/mol. The summed E-state index contributed by atoms with van der Waals surface area (Å²) in [6.45, 7) is 3.09. The normalized spacial score (nSPS) is 28.6. The Morgan fingerprint density at radius 2 is 1.76 bits per heavy atom. The Kier molecular flexibility index (Phi) is 5.78. The minimum atomic E-state index is -0.534. The number of hydrogen-bond acceptors (Lipinski definition) is 4. The van der Waals surface area contributed by atoms with Crippen LogP contribution in [0.4, 0.5) is 0 Å². The molecular formula is C30H39N4O4+. The number of rotatable bonds is 4. The van der Waals surface area contributed by atoms with Crippen molar-refractivity contribution in [3.63, 3.8) is 0 Å². The highest BCUT2D eigenvalue weighted by Gasteiger charge is 2.54. The van der Waals surface area contributed by atoms with Crippen LogP contribution in [0.25, 0.3) is 11.4 Å². The Morgan fingerprint density at radius 1 is 1.03 bits per heavy atom. The standard InChI is InChI=1S/C30H38N4O4/c1-30-16-15-21-20-11-13-25(35)27(23(20)10-9-22(21)24(30)12-14-26(30)36)33-29(38)32(28(37)31-33)19-7-5-18(6-8-19)17-34(2,3)4/h5-8,11,13,21-22,24,26,36H,9-10,12,14-17H2,1-4H3,(H-,31,35,37)/p+1/t21?,22?,24?,26?,30-/m0/s1. The molecule has 1 heterocycles. The van der Waals surface area contributed by atoms with Gasteiger partial charge in [0.2, 0.25) is 0 Å². The fourth-order valence-corrected chi connectivity index (χ4v) is 7.92. The minimum absolute atomic E-state index is 0.00655. The predicted molar refractivity (Wildman–Crippen MR) is 146 cm³/mol. The van der Waals surface area contributed by atoms with Crippen molar-refractivity contribution < 1.29 is 14.7 Å². The molecule has 0 amide bonds. The van der Waals surface area contributed by atoms with Crippen LogP contribution in [0.5, 0.6) is 5.75 Å². The average molecular weight is 520 g/mol. The molecule has 0 bridgehead atoms. The smallest absolute Gasteiger partial charge is 0.356 e. The van der Waals surface area contributed by atoms with Crippen LogP contribution in [-0.4, -0.2) is 56.3 Å². The third-order valence-corrected chi connectivity index (χ3v) is 9.68. The second-order valence-electron chi connectivity index (χ2n) is 13.0. The molecule has 2 aromatic carbocycles. The number of nitrogens with zero attached hydrogens (tertiary/aromatic N) is 3. The van der Waals surface area contributed by atoms with Gasteiger partial charge in [-0.1, -0.05) is 25.1 Å². The first-order valence-corrected chi connectivity index (χ1v) is 13.8. The first kappa shape index (κ1) is 25.2. The van der Waals surface area contributed by atoms with Gasteiger partial charge in [0, 0.05) is 5.56 Å². The molecule has 3 aromatic rings. The van der Waals surface area contributed by atoms with Crippen LogP contribution in [0, 0.1) is 17.3 Å². The number of hydrogen-bond donors (Lipinski definition) is 3. The molecule has 202 valence electrons. The van der Waals surface area contributed by atoms with Gasteiger partial charge in [-0.2, -0.15) is 4.68 Å². The summed E-state index contributed by atoms with van der Waals surface area (Å²) in [5.74, 6) is 1.30. The van der Waals surface area contributed by atoms with E-state index in [1.54, 1.807) is 18.2 Å². The molecule has 3 aliphatic carbocycles. The number of nitrogens with one attached hydrogen (secondary N) is 1. The summed E-state index contributed by atoms with van der Waals surface area (Å²) in [4.78, 5) is 26.6. The number of aromatic amines is 1. The van der Waals surface area contributed by atoms with Crippen LogP contribution in [-0.2, 0) is 13.0 Å². The fraction of sp³-hybridized carbons (Fsp3) is 0.533. The van der Waals surface area contributed by atoms with Gasteiger partial charge in [0.15, 0.2) is 0 Å². The Bertz CT molecular complexity index is 1490. The number of H-pyrrole nitrogens is 1. The molecule has 0 spiro atoms. The topological polar surface area (TPSA) is 100 Å². The third kappa shape index (κ3) is 3.88. The lowest BCUT2D eigenvalue weighted by molar-refractivity contribution is -0.884. The van der Waals surface area contributed by atoms with Gasteiger partial charge in [-0.3, -0.25) is 0 Å². The van der Waals surface area contributed by atoms with Crippen molar-refractivity contribution in [2.24, 2.45) is 17.3 Å². The average Bonchev–Trinajstić information content (AvgIpc) is 3.32. The van der Waals surface area contributed by atoms with Crippen LogP contribution in [0.3, 0.4) is 0 Å². The molecule has 2 fully saturated rings. The molecule has 8 nitrogen and oxygen atoms in total. The second kappa shape index (κ2) is 8.71. The summed E-state index contributed by atoms with van der Waals surface area (Å²) < 4.78 is 3.13. The molecule has 6 rings (SSSR count). The minimum Gasteiger partial charge on any atom is -0.506 e. The van der Waals surface area contributed by atoms with Gasteiger partial charge in [0.1, 0.15) is 18.0 Å². The Labute approximate surface area is 222 Å². The Balaban J connectivity index is 1.38. The van der Waals surface area contributed by atoms with Crippen molar-refractivity contribution in [1.82, 2.24) is 14.3 Å². The highest BCUT2D eigenvalue weighted by atomic mass is 16.3. The molecular weight excluding hydrogens is 480 g/mol. The highest BCUT2D eigenvalue weighted by Crippen LogP contribution is 2.61. The van der Waals surface area contributed by atoms with Crippen molar-refractivity contribution in [2.45, 2.75) is 64.0 Å². The maximum absolute atomic E-state index is 13.6. The Hall–Kier alpha value is -3.10. The first-order valence-electron chi connectivity index (χ1n) is 13.8. The summed E-state index contributed by atoms with van der Waals surface area (Å²) in [5.41, 5.74) is 3.06. The molecule has 1 aromatic heterocycles. The number of aliphatic hydroxyl groups excluding tert-OH is 1. The number of phenolic OH excluding ortho intramolecular Hbond substituents is 1. The maximum atomic E-state index is 13.6. The van der Waals surface area contributed by atoms with Crippen LogP contribution < -0.4 is 11.4 Å². The molecule has 4 unspecified atom stereocenters. The van der Waals surface area contributed by atoms with Gasteiger partial charge in [0.05, 0.1) is 32.9 Å². The summed E-state index contributed by atoms with van der Waals surface area (Å²) in [6, 6.07) is 11.2. The van der Waals surface area contributed by atoms with Crippen LogP contribution in [0.15, 0.2) is 46.0 Å². The van der Waals surface area contributed by atoms with Crippen molar-refractivity contribution >= 4 is 0 Å². The number of quaternary nitrogens is 1. The van der Waals surface area contributed by atoms with E-state index in [2.05, 4.69) is 33.2 Å². The predicted octanol–water partition coefficient (Wildman–Crippen LogP) is 3.45. The lowest BCUT2D eigenvalue weighted by Gasteiger charge is -2.50. The largest absolute Gasteiger partial charge is 0.506 e.